The maximum Gasteiger partial charge on any atom is 0.260 e. The number of nitrogens with zero attached hydrogens (tertiary/aromatic N) is 3. The Bertz CT molecular complexity index is 854. The van der Waals surface area contributed by atoms with Crippen molar-refractivity contribution in [2.24, 2.45) is 5.92 Å². The molecule has 1 unspecified atom stereocenters. The molecule has 1 atom stereocenters. The van der Waals surface area contributed by atoms with Crippen molar-refractivity contribution >= 4 is 5.91 Å². The van der Waals surface area contributed by atoms with E-state index in [1.807, 2.05) is 0 Å². The van der Waals surface area contributed by atoms with Gasteiger partial charge in [0.1, 0.15) is 11.6 Å². The highest BCUT2D eigenvalue weighted by Gasteiger charge is 2.28. The van der Waals surface area contributed by atoms with E-state index >= 15 is 0 Å². The quantitative estimate of drug-likeness (QED) is 0.546. The highest BCUT2D eigenvalue weighted by molar-refractivity contribution is 5.78. The molecule has 0 bridgehead atoms. The molecule has 0 radical (unpaired) electrons. The molecule has 2 fully saturated rings. The molecule has 1 aromatic heterocycles. The monoisotopic (exact) mass is 447 g/mol. The van der Waals surface area contributed by atoms with Crippen molar-refractivity contribution in [1.29, 1.82) is 0 Å². The summed E-state index contributed by atoms with van der Waals surface area (Å²) in [7, 11) is 0. The number of carbonyl (C=O) groups excluding carboxylic acids is 1. The van der Waals surface area contributed by atoms with Crippen molar-refractivity contribution < 1.29 is 27.9 Å². The molecule has 32 heavy (non-hydrogen) atoms. The summed E-state index contributed by atoms with van der Waals surface area (Å²) < 4.78 is 35.1. The van der Waals surface area contributed by atoms with E-state index in [0.717, 1.165) is 45.5 Å². The molecule has 9 heteroatoms. The molecule has 0 saturated carbocycles. The zero-order chi connectivity index (χ0) is 22.2. The van der Waals surface area contributed by atoms with Crippen LogP contribution in [0.3, 0.4) is 0 Å². The van der Waals surface area contributed by atoms with E-state index in [1.54, 1.807) is 4.90 Å². The van der Waals surface area contributed by atoms with E-state index in [0.29, 0.717) is 49.5 Å². The van der Waals surface area contributed by atoms with Gasteiger partial charge < -0.3 is 23.6 Å². The van der Waals surface area contributed by atoms with E-state index in [4.69, 9.17) is 18.7 Å². The van der Waals surface area contributed by atoms with Crippen LogP contribution in [-0.2, 0) is 20.7 Å². The van der Waals surface area contributed by atoms with E-state index < -0.39 is 0 Å². The first-order chi connectivity index (χ1) is 15.7. The zero-order valence-electron chi connectivity index (χ0n) is 18.2. The first-order valence-corrected chi connectivity index (χ1v) is 11.3. The highest BCUT2D eigenvalue weighted by Crippen LogP contribution is 2.26. The number of rotatable bonds is 9. The fourth-order valence-corrected chi connectivity index (χ4v) is 4.03. The van der Waals surface area contributed by atoms with Crippen molar-refractivity contribution in [2.75, 3.05) is 46.1 Å². The number of piperidine rings is 1. The van der Waals surface area contributed by atoms with Gasteiger partial charge in [-0.1, -0.05) is 5.16 Å². The molecule has 8 nitrogen and oxygen atoms in total. The smallest absolute Gasteiger partial charge is 0.260 e. The normalized spacial score (nSPS) is 19.8. The minimum absolute atomic E-state index is 0.0166. The number of ether oxygens (including phenoxy) is 3. The Hall–Kier alpha value is -2.52. The lowest BCUT2D eigenvalue weighted by Crippen LogP contribution is -2.41. The molecule has 1 amide bonds. The summed E-state index contributed by atoms with van der Waals surface area (Å²) in [5.74, 6) is 1.81. The van der Waals surface area contributed by atoms with Gasteiger partial charge in [-0.3, -0.25) is 4.79 Å². The summed E-state index contributed by atoms with van der Waals surface area (Å²) in [4.78, 5) is 18.9. The third-order valence-electron chi connectivity index (χ3n) is 5.95. The summed E-state index contributed by atoms with van der Waals surface area (Å²) >= 11 is 0. The lowest BCUT2D eigenvalue weighted by molar-refractivity contribution is -0.134. The van der Waals surface area contributed by atoms with Crippen LogP contribution in [0, 0.1) is 11.7 Å². The molecule has 3 heterocycles. The van der Waals surface area contributed by atoms with E-state index in [2.05, 4.69) is 10.1 Å². The van der Waals surface area contributed by atoms with E-state index in [1.165, 1.54) is 24.3 Å². The van der Waals surface area contributed by atoms with Gasteiger partial charge in [-0.25, -0.2) is 4.39 Å². The first kappa shape index (κ1) is 22.7. The third-order valence-corrected chi connectivity index (χ3v) is 5.95. The second-order valence-electron chi connectivity index (χ2n) is 8.35. The van der Waals surface area contributed by atoms with Crippen molar-refractivity contribution in [1.82, 2.24) is 15.0 Å². The molecule has 2 aliphatic rings. The van der Waals surface area contributed by atoms with Crippen LogP contribution in [0.5, 0.6) is 5.75 Å². The molecular weight excluding hydrogens is 417 g/mol. The minimum atomic E-state index is -0.340. The fourth-order valence-electron chi connectivity index (χ4n) is 4.03. The lowest BCUT2D eigenvalue weighted by Gasteiger charge is -2.30. The topological polar surface area (TPSA) is 86.9 Å². The van der Waals surface area contributed by atoms with Crippen molar-refractivity contribution in [3.63, 3.8) is 0 Å². The fraction of sp³-hybridized carbons (Fsp3) is 0.609. The Balaban J connectivity index is 1.20. The van der Waals surface area contributed by atoms with Gasteiger partial charge in [0, 0.05) is 39.3 Å². The number of hydrogen-bond acceptors (Lipinski definition) is 7. The maximum atomic E-state index is 13.0. The Morgan fingerprint density at radius 3 is 2.81 bits per heavy atom. The molecule has 0 aliphatic carbocycles. The first-order valence-electron chi connectivity index (χ1n) is 11.3. The number of likely N-dealkylation sites (tertiary alicyclic amines) is 1. The Morgan fingerprint density at radius 2 is 2.00 bits per heavy atom. The molecule has 2 aliphatic heterocycles. The Morgan fingerprint density at radius 1 is 1.19 bits per heavy atom. The van der Waals surface area contributed by atoms with Gasteiger partial charge >= 0.3 is 0 Å². The predicted octanol–water partition coefficient (Wildman–Crippen LogP) is 2.98. The predicted molar refractivity (Wildman–Crippen MR) is 113 cm³/mol. The van der Waals surface area contributed by atoms with Gasteiger partial charge in [-0.15, -0.1) is 0 Å². The summed E-state index contributed by atoms with van der Waals surface area (Å²) in [6, 6.07) is 5.63. The van der Waals surface area contributed by atoms with Gasteiger partial charge in [-0.2, -0.15) is 4.98 Å². The van der Waals surface area contributed by atoms with Crippen LogP contribution in [0.15, 0.2) is 28.8 Å². The van der Waals surface area contributed by atoms with Gasteiger partial charge in [0.15, 0.2) is 12.4 Å². The van der Waals surface area contributed by atoms with Crippen LogP contribution in [0.4, 0.5) is 4.39 Å². The van der Waals surface area contributed by atoms with Crippen LogP contribution in [0.25, 0.3) is 0 Å². The summed E-state index contributed by atoms with van der Waals surface area (Å²) in [5.41, 5.74) is 0. The second-order valence-corrected chi connectivity index (χ2v) is 8.35. The van der Waals surface area contributed by atoms with Gasteiger partial charge in [0.25, 0.3) is 5.91 Å². The number of halogens is 1. The SMILES string of the molecule is O=C(COc1ccc(F)cc1)N1CCCC(c2nc(CCOCC3CCOCC3)no2)C1. The molecule has 4 rings (SSSR count). The number of carbonyl (C=O) groups is 1. The molecular formula is C23H30FN3O5. The second kappa shape index (κ2) is 11.4. The van der Waals surface area contributed by atoms with Crippen LogP contribution >= 0.6 is 0 Å². The molecule has 2 aromatic rings. The molecule has 0 spiro atoms. The Labute approximate surface area is 187 Å². The Kier molecular flexibility index (Phi) is 8.06. The van der Waals surface area contributed by atoms with Crippen LogP contribution in [-0.4, -0.2) is 67.1 Å². The standard InChI is InChI=1S/C23H30FN3O5/c24-19-3-5-20(6-4-19)31-16-22(28)27-10-1-2-18(14-27)23-25-21(26-32-23)9-13-30-15-17-7-11-29-12-8-17/h3-6,17-18H,1-2,7-16H2. The van der Waals surface area contributed by atoms with E-state index in [9.17, 15) is 9.18 Å². The average molecular weight is 448 g/mol. The van der Waals surface area contributed by atoms with Gasteiger partial charge in [-0.05, 0) is 55.9 Å². The van der Waals surface area contributed by atoms with Gasteiger partial charge in [0.2, 0.25) is 5.89 Å². The summed E-state index contributed by atoms with van der Waals surface area (Å²) in [5, 5.41) is 4.08. The van der Waals surface area contributed by atoms with Crippen LogP contribution in [0.2, 0.25) is 0 Å². The number of aromatic nitrogens is 2. The number of hydrogen-bond donors (Lipinski definition) is 0. The van der Waals surface area contributed by atoms with Crippen LogP contribution in [0.1, 0.15) is 43.3 Å². The number of benzene rings is 1. The zero-order valence-corrected chi connectivity index (χ0v) is 18.2. The van der Waals surface area contributed by atoms with Crippen LogP contribution < -0.4 is 4.74 Å². The van der Waals surface area contributed by atoms with E-state index in [-0.39, 0.29) is 24.2 Å². The largest absolute Gasteiger partial charge is 0.484 e. The third kappa shape index (κ3) is 6.49. The van der Waals surface area contributed by atoms with Gasteiger partial charge in [0.05, 0.1) is 12.5 Å². The summed E-state index contributed by atoms with van der Waals surface area (Å²) in [6.07, 6.45) is 4.47. The summed E-state index contributed by atoms with van der Waals surface area (Å²) in [6.45, 7) is 4.05. The molecule has 1 aromatic carbocycles. The lowest BCUT2D eigenvalue weighted by atomic mass is 9.98. The highest BCUT2D eigenvalue weighted by atomic mass is 19.1. The minimum Gasteiger partial charge on any atom is -0.484 e. The number of amides is 1. The molecule has 0 N–H and O–H groups in total. The average Bonchev–Trinajstić information content (AvgIpc) is 3.31. The van der Waals surface area contributed by atoms with Crippen molar-refractivity contribution in [3.05, 3.63) is 41.8 Å². The van der Waals surface area contributed by atoms with Crippen molar-refractivity contribution in [3.8, 4) is 5.75 Å². The maximum absolute atomic E-state index is 13.0. The molecule has 174 valence electrons. The molecule has 2 saturated heterocycles. The van der Waals surface area contributed by atoms with Crippen molar-refractivity contribution in [2.45, 2.75) is 38.0 Å².